The largest absolute Gasteiger partial charge is 0.399 e. The van der Waals surface area contributed by atoms with Crippen LogP contribution in [0.3, 0.4) is 0 Å². The monoisotopic (exact) mass is 233 g/mol. The van der Waals surface area contributed by atoms with Crippen LogP contribution in [0.5, 0.6) is 0 Å². The van der Waals surface area contributed by atoms with Gasteiger partial charge in [-0.3, -0.25) is 4.79 Å². The predicted molar refractivity (Wildman–Crippen MR) is 69.0 cm³/mol. The number of carbonyl (C=O) groups excluding carboxylic acids is 1. The molecule has 0 aromatic heterocycles. The quantitative estimate of drug-likeness (QED) is 0.712. The number of nitrogens with zero attached hydrogens (tertiary/aromatic N) is 1. The van der Waals surface area contributed by atoms with Crippen LogP contribution in [0.15, 0.2) is 18.2 Å². The molecule has 0 bridgehead atoms. The van der Waals surface area contributed by atoms with E-state index in [1.54, 1.807) is 6.07 Å². The fourth-order valence-electron chi connectivity index (χ4n) is 2.17. The highest BCUT2D eigenvalue weighted by molar-refractivity contribution is 5.96. The summed E-state index contributed by atoms with van der Waals surface area (Å²) in [6.07, 6.45) is 0. The molecule has 0 radical (unpaired) electrons. The van der Waals surface area contributed by atoms with Crippen molar-refractivity contribution in [3.63, 3.8) is 0 Å². The van der Waals surface area contributed by atoms with Crippen molar-refractivity contribution < 1.29 is 4.79 Å². The molecule has 1 amide bonds. The molecule has 1 fully saturated rings. The summed E-state index contributed by atoms with van der Waals surface area (Å²) >= 11 is 0. The zero-order valence-corrected chi connectivity index (χ0v) is 10.4. The minimum Gasteiger partial charge on any atom is -0.399 e. The Bertz CT molecular complexity index is 431. The molecule has 0 spiro atoms. The Morgan fingerprint density at radius 2 is 2.29 bits per heavy atom. The smallest absolute Gasteiger partial charge is 0.254 e. The van der Waals surface area contributed by atoms with E-state index in [0.29, 0.717) is 5.69 Å². The molecule has 4 nitrogen and oxygen atoms in total. The normalized spacial score (nSPS) is 20.4. The maximum absolute atomic E-state index is 12.4. The first-order chi connectivity index (χ1) is 8.09. The Labute approximate surface area is 102 Å². The Hall–Kier alpha value is -1.55. The third kappa shape index (κ3) is 2.42. The SMILES string of the molecule is Cc1ccc(N)cc1C(=O)N1CCNCC1C. The van der Waals surface area contributed by atoms with E-state index in [-0.39, 0.29) is 11.9 Å². The van der Waals surface area contributed by atoms with E-state index in [4.69, 9.17) is 5.73 Å². The molecule has 1 aliphatic heterocycles. The van der Waals surface area contributed by atoms with E-state index in [0.717, 1.165) is 30.8 Å². The van der Waals surface area contributed by atoms with Gasteiger partial charge in [-0.05, 0) is 31.5 Å². The van der Waals surface area contributed by atoms with E-state index in [1.165, 1.54) is 0 Å². The van der Waals surface area contributed by atoms with Crippen LogP contribution in [0.25, 0.3) is 0 Å². The molecule has 1 atom stereocenters. The molecule has 1 aromatic rings. The lowest BCUT2D eigenvalue weighted by Crippen LogP contribution is -2.52. The highest BCUT2D eigenvalue weighted by atomic mass is 16.2. The Kier molecular flexibility index (Phi) is 3.33. The lowest BCUT2D eigenvalue weighted by atomic mass is 10.1. The van der Waals surface area contributed by atoms with Gasteiger partial charge in [0.15, 0.2) is 0 Å². The van der Waals surface area contributed by atoms with Crippen molar-refractivity contribution in [3.8, 4) is 0 Å². The molecule has 1 heterocycles. The summed E-state index contributed by atoms with van der Waals surface area (Å²) in [5.74, 6) is 0.0869. The van der Waals surface area contributed by atoms with E-state index in [1.807, 2.05) is 24.0 Å². The standard InChI is InChI=1S/C13H19N3O/c1-9-3-4-11(14)7-12(9)13(17)16-6-5-15-8-10(16)2/h3-4,7,10,15H,5-6,8,14H2,1-2H3. The van der Waals surface area contributed by atoms with Gasteiger partial charge in [-0.2, -0.15) is 0 Å². The molecule has 1 unspecified atom stereocenters. The van der Waals surface area contributed by atoms with Crippen LogP contribution < -0.4 is 11.1 Å². The minimum absolute atomic E-state index is 0.0869. The summed E-state index contributed by atoms with van der Waals surface area (Å²) in [5.41, 5.74) is 8.09. The van der Waals surface area contributed by atoms with Gasteiger partial charge in [0.25, 0.3) is 5.91 Å². The number of anilines is 1. The second-order valence-corrected chi connectivity index (χ2v) is 4.63. The minimum atomic E-state index is 0.0869. The van der Waals surface area contributed by atoms with Gasteiger partial charge < -0.3 is 16.0 Å². The number of nitrogens with two attached hydrogens (primary N) is 1. The third-order valence-corrected chi connectivity index (χ3v) is 3.25. The van der Waals surface area contributed by atoms with Crippen molar-refractivity contribution in [1.82, 2.24) is 10.2 Å². The number of aryl methyl sites for hydroxylation is 1. The van der Waals surface area contributed by atoms with Crippen LogP contribution in [-0.2, 0) is 0 Å². The molecule has 1 aliphatic rings. The van der Waals surface area contributed by atoms with Crippen molar-refractivity contribution in [2.75, 3.05) is 25.4 Å². The van der Waals surface area contributed by atoms with Crippen LogP contribution in [0.4, 0.5) is 5.69 Å². The summed E-state index contributed by atoms with van der Waals surface area (Å²) in [7, 11) is 0. The molecule has 92 valence electrons. The Morgan fingerprint density at radius 3 is 3.00 bits per heavy atom. The molecule has 3 N–H and O–H groups in total. The third-order valence-electron chi connectivity index (χ3n) is 3.25. The molecule has 17 heavy (non-hydrogen) atoms. The fraction of sp³-hybridized carbons (Fsp3) is 0.462. The van der Waals surface area contributed by atoms with Crippen molar-refractivity contribution in [2.45, 2.75) is 19.9 Å². The second kappa shape index (κ2) is 4.75. The van der Waals surface area contributed by atoms with E-state index in [9.17, 15) is 4.79 Å². The van der Waals surface area contributed by atoms with Crippen LogP contribution in [-0.4, -0.2) is 36.5 Å². The maximum atomic E-state index is 12.4. The lowest BCUT2D eigenvalue weighted by Gasteiger charge is -2.34. The van der Waals surface area contributed by atoms with Gasteiger partial charge in [0, 0.05) is 36.9 Å². The van der Waals surface area contributed by atoms with E-state index in [2.05, 4.69) is 12.2 Å². The van der Waals surface area contributed by atoms with Gasteiger partial charge in [-0.1, -0.05) is 6.07 Å². The number of amides is 1. The first-order valence-corrected chi connectivity index (χ1v) is 5.97. The number of hydrogen-bond donors (Lipinski definition) is 2. The van der Waals surface area contributed by atoms with Crippen LogP contribution in [0.1, 0.15) is 22.8 Å². The Morgan fingerprint density at radius 1 is 1.53 bits per heavy atom. The number of piperazine rings is 1. The topological polar surface area (TPSA) is 58.4 Å². The van der Waals surface area contributed by atoms with E-state index >= 15 is 0 Å². The molecule has 1 saturated heterocycles. The summed E-state index contributed by atoms with van der Waals surface area (Å²) in [6, 6.07) is 5.73. The Balaban J connectivity index is 2.26. The van der Waals surface area contributed by atoms with Crippen molar-refractivity contribution in [2.24, 2.45) is 0 Å². The lowest BCUT2D eigenvalue weighted by molar-refractivity contribution is 0.0655. The van der Waals surface area contributed by atoms with Crippen molar-refractivity contribution >= 4 is 11.6 Å². The highest BCUT2D eigenvalue weighted by Crippen LogP contribution is 2.17. The maximum Gasteiger partial charge on any atom is 0.254 e. The van der Waals surface area contributed by atoms with Gasteiger partial charge in [-0.25, -0.2) is 0 Å². The summed E-state index contributed by atoms with van der Waals surface area (Å²) in [4.78, 5) is 14.3. The summed E-state index contributed by atoms with van der Waals surface area (Å²) < 4.78 is 0. The highest BCUT2D eigenvalue weighted by Gasteiger charge is 2.24. The predicted octanol–water partition coefficient (Wildman–Crippen LogP) is 1.01. The molecule has 0 aliphatic carbocycles. The zero-order chi connectivity index (χ0) is 12.4. The van der Waals surface area contributed by atoms with Gasteiger partial charge in [-0.15, -0.1) is 0 Å². The van der Waals surface area contributed by atoms with Gasteiger partial charge >= 0.3 is 0 Å². The number of hydrogen-bond acceptors (Lipinski definition) is 3. The number of benzene rings is 1. The molecule has 4 heteroatoms. The van der Waals surface area contributed by atoms with E-state index < -0.39 is 0 Å². The van der Waals surface area contributed by atoms with Crippen molar-refractivity contribution in [3.05, 3.63) is 29.3 Å². The first-order valence-electron chi connectivity index (χ1n) is 5.97. The molecule has 1 aromatic carbocycles. The van der Waals surface area contributed by atoms with Crippen LogP contribution in [0, 0.1) is 6.92 Å². The number of nitrogens with one attached hydrogen (secondary N) is 1. The van der Waals surface area contributed by atoms with Gasteiger partial charge in [0.1, 0.15) is 0 Å². The number of carbonyl (C=O) groups is 1. The van der Waals surface area contributed by atoms with Crippen LogP contribution in [0.2, 0.25) is 0 Å². The number of rotatable bonds is 1. The number of nitrogen functional groups attached to an aromatic ring is 1. The van der Waals surface area contributed by atoms with Gasteiger partial charge in [0.2, 0.25) is 0 Å². The van der Waals surface area contributed by atoms with Crippen LogP contribution >= 0.6 is 0 Å². The second-order valence-electron chi connectivity index (χ2n) is 4.63. The summed E-state index contributed by atoms with van der Waals surface area (Å²) in [6.45, 7) is 6.48. The average Bonchev–Trinajstić information content (AvgIpc) is 2.32. The van der Waals surface area contributed by atoms with Gasteiger partial charge in [0.05, 0.1) is 0 Å². The molecular formula is C13H19N3O. The fourth-order valence-corrected chi connectivity index (χ4v) is 2.17. The average molecular weight is 233 g/mol. The first kappa shape index (κ1) is 11.9. The summed E-state index contributed by atoms with van der Waals surface area (Å²) in [5, 5.41) is 3.28. The molecule has 0 saturated carbocycles. The van der Waals surface area contributed by atoms with Crippen molar-refractivity contribution in [1.29, 1.82) is 0 Å². The zero-order valence-electron chi connectivity index (χ0n) is 10.4. The molecular weight excluding hydrogens is 214 g/mol. The molecule has 2 rings (SSSR count).